The maximum Gasteiger partial charge on any atom is 0.412 e. The maximum absolute atomic E-state index is 11.9. The number of aldehydes is 1. The number of rotatable bonds is 3. The summed E-state index contributed by atoms with van der Waals surface area (Å²) in [6, 6.07) is 4.85. The van der Waals surface area contributed by atoms with Crippen molar-refractivity contribution in [3.63, 3.8) is 0 Å². The number of anilines is 1. The first kappa shape index (κ1) is 14.7. The Labute approximate surface area is 121 Å². The molecule has 7 nitrogen and oxygen atoms in total. The summed E-state index contributed by atoms with van der Waals surface area (Å²) in [4.78, 5) is 26.6. The monoisotopic (exact) mass is 288 g/mol. The van der Waals surface area contributed by atoms with E-state index in [2.05, 4.69) is 15.4 Å². The number of hydrogen-bond acceptors (Lipinski definition) is 5. The second-order valence-electron chi connectivity index (χ2n) is 5.36. The van der Waals surface area contributed by atoms with Gasteiger partial charge in [0, 0.05) is 5.56 Å². The van der Waals surface area contributed by atoms with Crippen molar-refractivity contribution in [2.45, 2.75) is 26.4 Å². The molecule has 2 aromatic rings. The first-order valence-corrected chi connectivity index (χ1v) is 6.33. The van der Waals surface area contributed by atoms with E-state index in [0.29, 0.717) is 23.2 Å². The lowest BCUT2D eigenvalue weighted by atomic mass is 10.2. The smallest absolute Gasteiger partial charge is 0.412 e. The van der Waals surface area contributed by atoms with Crippen molar-refractivity contribution >= 4 is 18.1 Å². The molecule has 1 amide bonds. The standard InChI is InChI=1S/C14H16N4O3/c1-14(2,3)21-13(20)17-11-6-10(7-19)4-5-12(11)18-9-15-8-16-18/h4-9H,1-3H3,(H,17,20). The molecule has 0 aliphatic heterocycles. The Kier molecular flexibility index (Phi) is 4.02. The van der Waals surface area contributed by atoms with Gasteiger partial charge in [-0.15, -0.1) is 0 Å². The summed E-state index contributed by atoms with van der Waals surface area (Å²) in [6.07, 6.45) is 2.97. The number of nitrogens with one attached hydrogen (secondary N) is 1. The Bertz CT molecular complexity index is 645. The summed E-state index contributed by atoms with van der Waals surface area (Å²) >= 11 is 0. The third kappa shape index (κ3) is 3.88. The molecule has 0 saturated heterocycles. The average molecular weight is 288 g/mol. The fourth-order valence-electron chi connectivity index (χ4n) is 1.67. The predicted molar refractivity (Wildman–Crippen MR) is 76.6 cm³/mol. The van der Waals surface area contributed by atoms with Crippen LogP contribution in [0.1, 0.15) is 31.1 Å². The molecule has 0 radical (unpaired) electrons. The van der Waals surface area contributed by atoms with Gasteiger partial charge in [0.05, 0.1) is 11.4 Å². The first-order chi connectivity index (χ1) is 9.89. The van der Waals surface area contributed by atoms with Gasteiger partial charge in [0.25, 0.3) is 0 Å². The number of aromatic nitrogens is 3. The van der Waals surface area contributed by atoms with Crippen LogP contribution in [0.4, 0.5) is 10.5 Å². The molecule has 21 heavy (non-hydrogen) atoms. The Balaban J connectivity index is 2.32. The van der Waals surface area contributed by atoms with E-state index in [9.17, 15) is 9.59 Å². The van der Waals surface area contributed by atoms with Crippen molar-refractivity contribution < 1.29 is 14.3 Å². The highest BCUT2D eigenvalue weighted by Gasteiger charge is 2.18. The molecular formula is C14H16N4O3. The van der Waals surface area contributed by atoms with Gasteiger partial charge in [0.1, 0.15) is 24.5 Å². The van der Waals surface area contributed by atoms with Crippen molar-refractivity contribution in [1.82, 2.24) is 14.8 Å². The van der Waals surface area contributed by atoms with E-state index >= 15 is 0 Å². The molecule has 1 aromatic heterocycles. The van der Waals surface area contributed by atoms with Gasteiger partial charge in [-0.05, 0) is 39.0 Å². The van der Waals surface area contributed by atoms with Gasteiger partial charge in [-0.3, -0.25) is 10.1 Å². The fourth-order valence-corrected chi connectivity index (χ4v) is 1.67. The van der Waals surface area contributed by atoms with Crippen LogP contribution >= 0.6 is 0 Å². The Morgan fingerprint density at radius 3 is 2.71 bits per heavy atom. The van der Waals surface area contributed by atoms with E-state index in [-0.39, 0.29) is 0 Å². The number of carbonyl (C=O) groups is 2. The topological polar surface area (TPSA) is 86.1 Å². The van der Waals surface area contributed by atoms with Crippen LogP contribution in [-0.2, 0) is 4.74 Å². The molecule has 0 bridgehead atoms. The minimum absolute atomic E-state index is 0.416. The maximum atomic E-state index is 11.9. The zero-order valence-corrected chi connectivity index (χ0v) is 12.0. The molecule has 0 unspecified atom stereocenters. The van der Waals surface area contributed by atoms with Crippen molar-refractivity contribution in [2.75, 3.05) is 5.32 Å². The molecule has 2 rings (SSSR count). The van der Waals surface area contributed by atoms with Gasteiger partial charge in [-0.2, -0.15) is 5.10 Å². The lowest BCUT2D eigenvalue weighted by Crippen LogP contribution is -2.27. The number of benzene rings is 1. The highest BCUT2D eigenvalue weighted by Crippen LogP contribution is 2.21. The molecule has 0 aliphatic rings. The molecule has 7 heteroatoms. The van der Waals surface area contributed by atoms with Crippen LogP contribution in [0.25, 0.3) is 5.69 Å². The van der Waals surface area contributed by atoms with Crippen molar-refractivity contribution in [3.05, 3.63) is 36.4 Å². The van der Waals surface area contributed by atoms with Gasteiger partial charge in [-0.1, -0.05) is 0 Å². The molecule has 0 aliphatic carbocycles. The van der Waals surface area contributed by atoms with E-state index in [1.165, 1.54) is 17.3 Å². The van der Waals surface area contributed by atoms with Crippen molar-refractivity contribution in [3.8, 4) is 5.69 Å². The molecule has 110 valence electrons. The van der Waals surface area contributed by atoms with Crippen LogP contribution in [0, 0.1) is 0 Å². The second kappa shape index (κ2) is 5.74. The summed E-state index contributed by atoms with van der Waals surface area (Å²) in [5.41, 5.74) is 0.827. The quantitative estimate of drug-likeness (QED) is 0.876. The summed E-state index contributed by atoms with van der Waals surface area (Å²) < 4.78 is 6.69. The molecule has 0 spiro atoms. The van der Waals surface area contributed by atoms with E-state index in [1.807, 2.05) is 0 Å². The fraction of sp³-hybridized carbons (Fsp3) is 0.286. The van der Waals surface area contributed by atoms with Gasteiger partial charge in [0.15, 0.2) is 0 Å². The highest BCUT2D eigenvalue weighted by molar-refractivity contribution is 5.90. The molecule has 1 aromatic carbocycles. The SMILES string of the molecule is CC(C)(C)OC(=O)Nc1cc(C=O)ccc1-n1cncn1. The number of ether oxygens (including phenoxy) is 1. The molecular weight excluding hydrogens is 272 g/mol. The van der Waals surface area contributed by atoms with Crippen molar-refractivity contribution in [2.24, 2.45) is 0 Å². The number of nitrogens with zero attached hydrogens (tertiary/aromatic N) is 3. The van der Waals surface area contributed by atoms with Gasteiger partial charge >= 0.3 is 6.09 Å². The molecule has 0 atom stereocenters. The third-order valence-electron chi connectivity index (χ3n) is 2.46. The number of amides is 1. The largest absolute Gasteiger partial charge is 0.444 e. The zero-order valence-electron chi connectivity index (χ0n) is 12.0. The number of carbonyl (C=O) groups excluding carboxylic acids is 2. The minimum atomic E-state index is -0.611. The van der Waals surface area contributed by atoms with E-state index in [4.69, 9.17) is 4.74 Å². The zero-order chi connectivity index (χ0) is 15.5. The minimum Gasteiger partial charge on any atom is -0.444 e. The summed E-state index contributed by atoms with van der Waals surface area (Å²) in [5, 5.41) is 6.63. The van der Waals surface area contributed by atoms with Gasteiger partial charge in [-0.25, -0.2) is 14.5 Å². The third-order valence-corrected chi connectivity index (χ3v) is 2.46. The van der Waals surface area contributed by atoms with Gasteiger partial charge in [0.2, 0.25) is 0 Å². The summed E-state index contributed by atoms with van der Waals surface area (Å²) in [7, 11) is 0. The Hall–Kier alpha value is -2.70. The van der Waals surface area contributed by atoms with Crippen LogP contribution in [0.5, 0.6) is 0 Å². The van der Waals surface area contributed by atoms with Gasteiger partial charge < -0.3 is 4.74 Å². The lowest BCUT2D eigenvalue weighted by molar-refractivity contribution is 0.0635. The average Bonchev–Trinajstić information content (AvgIpc) is 2.90. The normalized spacial score (nSPS) is 11.0. The van der Waals surface area contributed by atoms with Crippen LogP contribution < -0.4 is 5.32 Å². The summed E-state index contributed by atoms with van der Waals surface area (Å²) in [5.74, 6) is 0. The van der Waals surface area contributed by atoms with Crippen LogP contribution in [0.2, 0.25) is 0 Å². The second-order valence-corrected chi connectivity index (χ2v) is 5.36. The molecule has 1 N–H and O–H groups in total. The van der Waals surface area contributed by atoms with E-state index in [0.717, 1.165) is 0 Å². The summed E-state index contributed by atoms with van der Waals surface area (Å²) in [6.45, 7) is 5.31. The molecule has 0 saturated carbocycles. The Morgan fingerprint density at radius 1 is 1.38 bits per heavy atom. The number of hydrogen-bond donors (Lipinski definition) is 1. The van der Waals surface area contributed by atoms with E-state index < -0.39 is 11.7 Å². The Morgan fingerprint density at radius 2 is 2.14 bits per heavy atom. The van der Waals surface area contributed by atoms with Crippen LogP contribution in [-0.4, -0.2) is 32.7 Å². The molecule has 1 heterocycles. The molecule has 0 fully saturated rings. The lowest BCUT2D eigenvalue weighted by Gasteiger charge is -2.20. The highest BCUT2D eigenvalue weighted by atomic mass is 16.6. The van der Waals surface area contributed by atoms with Crippen LogP contribution in [0.15, 0.2) is 30.9 Å². The predicted octanol–water partition coefficient (Wildman–Crippen LogP) is 2.43. The van der Waals surface area contributed by atoms with E-state index in [1.54, 1.807) is 39.0 Å². The first-order valence-electron chi connectivity index (χ1n) is 6.33. The van der Waals surface area contributed by atoms with Crippen LogP contribution in [0.3, 0.4) is 0 Å². The van der Waals surface area contributed by atoms with Crippen molar-refractivity contribution in [1.29, 1.82) is 0 Å².